The number of alkyl halides is 1. The van der Waals surface area contributed by atoms with Gasteiger partial charge in [-0.1, -0.05) is 22.0 Å². The van der Waals surface area contributed by atoms with Gasteiger partial charge in [0.2, 0.25) is 0 Å². The molecule has 7 nitrogen and oxygen atoms in total. The second-order valence-electron chi connectivity index (χ2n) is 7.09. The number of benzene rings is 1. The first-order valence-electron chi connectivity index (χ1n) is 8.80. The number of rotatable bonds is 4. The van der Waals surface area contributed by atoms with Crippen LogP contribution in [0.4, 0.5) is 13.6 Å². The summed E-state index contributed by atoms with van der Waals surface area (Å²) >= 11 is 3.52. The van der Waals surface area contributed by atoms with Crippen molar-refractivity contribution in [1.29, 1.82) is 0 Å². The molecular formula is C19H16BrF2N3O4. The van der Waals surface area contributed by atoms with Crippen LogP contribution in [0.1, 0.15) is 12.0 Å². The molecule has 1 saturated carbocycles. The van der Waals surface area contributed by atoms with Crippen molar-refractivity contribution in [2.75, 3.05) is 7.11 Å². The number of halogens is 3. The maximum atomic E-state index is 14.4. The summed E-state index contributed by atoms with van der Waals surface area (Å²) in [6.07, 6.45) is 1.36. The van der Waals surface area contributed by atoms with Crippen molar-refractivity contribution in [3.63, 3.8) is 0 Å². The van der Waals surface area contributed by atoms with Crippen molar-refractivity contribution in [2.45, 2.75) is 29.8 Å². The smallest absolute Gasteiger partial charge is 0.407 e. The molecule has 10 heteroatoms. The first-order chi connectivity index (χ1) is 13.8. The Hall–Kier alpha value is -2.62. The van der Waals surface area contributed by atoms with Gasteiger partial charge in [-0.25, -0.2) is 23.5 Å². The van der Waals surface area contributed by atoms with Crippen molar-refractivity contribution >= 4 is 28.0 Å². The second kappa shape index (κ2) is 7.33. The summed E-state index contributed by atoms with van der Waals surface area (Å²) in [5.41, 5.74) is -0.303. The highest BCUT2D eigenvalue weighted by Gasteiger charge is 2.61. The van der Waals surface area contributed by atoms with Crippen molar-refractivity contribution in [3.05, 3.63) is 47.8 Å². The van der Waals surface area contributed by atoms with Crippen LogP contribution < -0.4 is 5.32 Å². The van der Waals surface area contributed by atoms with E-state index in [2.05, 4.69) is 31.2 Å². The molecular weight excluding hydrogens is 452 g/mol. The predicted molar refractivity (Wildman–Crippen MR) is 100 cm³/mol. The number of carbonyl (C=O) groups is 2. The average Bonchev–Trinajstić information content (AvgIpc) is 3.19. The third-order valence-electron chi connectivity index (χ3n) is 5.35. The fraction of sp³-hybridized carbons (Fsp3) is 0.368. The molecule has 29 heavy (non-hydrogen) atoms. The highest BCUT2D eigenvalue weighted by molar-refractivity contribution is 9.09. The largest absolute Gasteiger partial charge is 0.469 e. The van der Waals surface area contributed by atoms with Crippen LogP contribution >= 0.6 is 15.9 Å². The van der Waals surface area contributed by atoms with E-state index in [1.165, 1.54) is 19.2 Å². The molecule has 0 radical (unpaired) electrons. The lowest BCUT2D eigenvalue weighted by atomic mass is 9.79. The minimum atomic E-state index is -1.03. The number of fused-ring (bicyclic) bond motifs is 1. The molecule has 1 N–H and O–H groups in total. The fourth-order valence-electron chi connectivity index (χ4n) is 4.03. The number of methoxy groups -OCH3 is 1. The predicted octanol–water partition coefficient (Wildman–Crippen LogP) is 2.77. The minimum absolute atomic E-state index is 0.0344. The summed E-state index contributed by atoms with van der Waals surface area (Å²) < 4.78 is 37.8. The Kier molecular flexibility index (Phi) is 4.97. The molecule has 2 aliphatic rings. The minimum Gasteiger partial charge on any atom is -0.469 e. The molecule has 2 heterocycles. The van der Waals surface area contributed by atoms with Gasteiger partial charge < -0.3 is 14.8 Å². The molecule has 4 atom stereocenters. The summed E-state index contributed by atoms with van der Waals surface area (Å²) in [4.78, 5) is 31.4. The quantitative estimate of drug-likeness (QED) is 0.549. The lowest BCUT2D eigenvalue weighted by Gasteiger charge is -2.31. The van der Waals surface area contributed by atoms with Gasteiger partial charge in [0.15, 0.2) is 11.6 Å². The monoisotopic (exact) mass is 467 g/mol. The maximum Gasteiger partial charge on any atom is 0.407 e. The summed E-state index contributed by atoms with van der Waals surface area (Å²) in [6, 6.07) is 3.99. The van der Waals surface area contributed by atoms with Crippen LogP contribution in [0.25, 0.3) is 11.4 Å². The van der Waals surface area contributed by atoms with E-state index in [1.807, 2.05) is 0 Å². The number of hydrogen-bond donors (Lipinski definition) is 1. The summed E-state index contributed by atoms with van der Waals surface area (Å²) in [5.74, 6) is -1.62. The third kappa shape index (κ3) is 3.35. The maximum absolute atomic E-state index is 14.4. The molecule has 1 aliphatic carbocycles. The van der Waals surface area contributed by atoms with Gasteiger partial charge in [0.1, 0.15) is 11.9 Å². The number of esters is 1. The number of carbonyl (C=O) groups excluding carboxylic acids is 2. The van der Waals surface area contributed by atoms with Crippen molar-refractivity contribution < 1.29 is 27.8 Å². The van der Waals surface area contributed by atoms with Crippen LogP contribution in [-0.2, 0) is 20.7 Å². The highest BCUT2D eigenvalue weighted by atomic mass is 79.9. The Morgan fingerprint density at radius 3 is 2.76 bits per heavy atom. The van der Waals surface area contributed by atoms with E-state index in [-0.39, 0.29) is 23.9 Å². The molecule has 1 aromatic carbocycles. The van der Waals surface area contributed by atoms with Gasteiger partial charge >= 0.3 is 12.1 Å². The van der Waals surface area contributed by atoms with Gasteiger partial charge in [-0.2, -0.15) is 0 Å². The van der Waals surface area contributed by atoms with Crippen LogP contribution in [0.2, 0.25) is 0 Å². The molecule has 4 rings (SSSR count). The summed E-state index contributed by atoms with van der Waals surface area (Å²) in [7, 11) is 1.29. The lowest BCUT2D eigenvalue weighted by Crippen LogP contribution is -2.42. The number of nitrogens with zero attached hydrogens (tertiary/aromatic N) is 2. The first kappa shape index (κ1) is 19.7. The van der Waals surface area contributed by atoms with E-state index in [4.69, 9.17) is 9.47 Å². The van der Waals surface area contributed by atoms with Crippen molar-refractivity contribution in [2.24, 2.45) is 5.41 Å². The Morgan fingerprint density at radius 2 is 2.10 bits per heavy atom. The molecule has 2 fully saturated rings. The van der Waals surface area contributed by atoms with E-state index in [0.29, 0.717) is 12.0 Å². The molecule has 1 aromatic heterocycles. The number of ether oxygens (including phenoxy) is 2. The van der Waals surface area contributed by atoms with Gasteiger partial charge in [-0.3, -0.25) is 4.79 Å². The Balaban J connectivity index is 1.69. The van der Waals surface area contributed by atoms with Crippen LogP contribution in [-0.4, -0.2) is 46.1 Å². The molecule has 2 aromatic rings. The van der Waals surface area contributed by atoms with Gasteiger partial charge in [0, 0.05) is 0 Å². The van der Waals surface area contributed by atoms with Crippen LogP contribution in [0, 0.1) is 17.0 Å². The van der Waals surface area contributed by atoms with Crippen molar-refractivity contribution in [3.8, 4) is 11.4 Å². The fourth-order valence-corrected chi connectivity index (χ4v) is 5.05. The zero-order valence-corrected chi connectivity index (χ0v) is 16.8. The molecule has 0 unspecified atom stereocenters. The zero-order valence-electron chi connectivity index (χ0n) is 15.2. The number of aromatic nitrogens is 2. The molecule has 1 amide bonds. The van der Waals surface area contributed by atoms with E-state index < -0.39 is 40.0 Å². The van der Waals surface area contributed by atoms with Gasteiger partial charge in [0.25, 0.3) is 0 Å². The lowest BCUT2D eigenvalue weighted by molar-refractivity contribution is -0.152. The number of alkyl carbamates (subject to hydrolysis) is 1. The molecule has 0 spiro atoms. The van der Waals surface area contributed by atoms with Gasteiger partial charge in [-0.15, -0.1) is 0 Å². The van der Waals surface area contributed by atoms with Gasteiger partial charge in [0.05, 0.1) is 41.4 Å². The van der Waals surface area contributed by atoms with E-state index in [9.17, 15) is 18.4 Å². The topological polar surface area (TPSA) is 90.4 Å². The van der Waals surface area contributed by atoms with Crippen molar-refractivity contribution in [1.82, 2.24) is 15.3 Å². The molecule has 152 valence electrons. The second-order valence-corrected chi connectivity index (χ2v) is 8.08. The van der Waals surface area contributed by atoms with Crippen LogP contribution in [0.5, 0.6) is 0 Å². The van der Waals surface area contributed by atoms with Gasteiger partial charge in [-0.05, 0) is 30.5 Å². The zero-order chi connectivity index (χ0) is 20.8. The van der Waals surface area contributed by atoms with E-state index >= 15 is 0 Å². The van der Waals surface area contributed by atoms with Crippen LogP contribution in [0.15, 0.2) is 30.6 Å². The third-order valence-corrected chi connectivity index (χ3v) is 6.74. The normalized spacial score (nSPS) is 27.9. The SMILES string of the molecule is COC(=O)[C@]1(Cc2ccc(F)c(-c3ncc(F)cn3)c2)C[C@H]2NC(=O)O[C@H]2[C@@H]1Br. The number of amides is 1. The molecule has 1 saturated heterocycles. The van der Waals surface area contributed by atoms with Crippen LogP contribution in [0.3, 0.4) is 0 Å². The Morgan fingerprint density at radius 1 is 1.38 bits per heavy atom. The standard InChI is InChI=1S/C19H16BrF2N3O4/c1-28-17(26)19(6-13-14(15(19)20)29-18(27)25-13)5-9-2-3-12(22)11(4-9)16-23-7-10(21)8-24-16/h2-4,7-8,13-15H,5-6H2,1H3,(H,25,27)/t13-,14-,15+,19-/m1/s1. The van der Waals surface area contributed by atoms with E-state index in [0.717, 1.165) is 12.4 Å². The summed E-state index contributed by atoms with van der Waals surface area (Å²) in [6.45, 7) is 0. The Bertz CT molecular complexity index is 974. The first-order valence-corrected chi connectivity index (χ1v) is 9.71. The Labute approximate surface area is 172 Å². The molecule has 1 aliphatic heterocycles. The molecule has 0 bridgehead atoms. The highest BCUT2D eigenvalue weighted by Crippen LogP contribution is 2.49. The number of hydrogen-bond acceptors (Lipinski definition) is 6. The average molecular weight is 468 g/mol. The van der Waals surface area contributed by atoms with E-state index in [1.54, 1.807) is 6.07 Å². The summed E-state index contributed by atoms with van der Waals surface area (Å²) in [5, 5.41) is 2.70. The number of nitrogens with one attached hydrogen (secondary N) is 1.